The first-order valence-corrected chi connectivity index (χ1v) is 6.61. The molecule has 0 aliphatic heterocycles. The smallest absolute Gasteiger partial charge is 0.335 e. The van der Waals surface area contributed by atoms with E-state index in [1.807, 2.05) is 0 Å². The van der Waals surface area contributed by atoms with Crippen molar-refractivity contribution in [3.05, 3.63) is 59.7 Å². The predicted octanol–water partition coefficient (Wildman–Crippen LogP) is 2.89. The third-order valence-electron chi connectivity index (χ3n) is 2.73. The minimum absolute atomic E-state index is 0.140. The van der Waals surface area contributed by atoms with Crippen LogP contribution in [0.2, 0.25) is 0 Å². The fourth-order valence-electron chi connectivity index (χ4n) is 1.75. The van der Waals surface area contributed by atoms with Crippen LogP contribution in [0.25, 0.3) is 0 Å². The molecule has 4 N–H and O–H groups in total. The lowest BCUT2D eigenvalue weighted by Gasteiger charge is -2.11. The van der Waals surface area contributed by atoms with Gasteiger partial charge in [-0.25, -0.2) is 9.59 Å². The molecule has 0 radical (unpaired) electrons. The summed E-state index contributed by atoms with van der Waals surface area (Å²) in [6.07, 6.45) is 0. The van der Waals surface area contributed by atoms with E-state index in [0.717, 1.165) is 0 Å². The average Bonchev–Trinajstić information content (AvgIpc) is 2.47. The monoisotopic (exact) mass is 316 g/mol. The van der Waals surface area contributed by atoms with Crippen LogP contribution in [0.3, 0.4) is 0 Å². The fourth-order valence-corrected chi connectivity index (χ4v) is 1.99. The largest absolute Gasteiger partial charge is 0.478 e. The quantitative estimate of drug-likeness (QED) is 0.644. The van der Waals surface area contributed by atoms with Crippen LogP contribution in [-0.4, -0.2) is 27.3 Å². The molecule has 2 rings (SSSR count). The van der Waals surface area contributed by atoms with Crippen LogP contribution in [0.1, 0.15) is 20.7 Å². The van der Waals surface area contributed by atoms with E-state index in [1.54, 1.807) is 24.3 Å². The van der Waals surface area contributed by atoms with Crippen LogP contribution < -0.4 is 10.6 Å². The third kappa shape index (κ3) is 4.03. The van der Waals surface area contributed by atoms with Crippen LogP contribution >= 0.6 is 12.2 Å². The molecule has 112 valence electrons. The van der Waals surface area contributed by atoms with Crippen molar-refractivity contribution in [3.63, 3.8) is 0 Å². The van der Waals surface area contributed by atoms with Crippen LogP contribution in [0.5, 0.6) is 0 Å². The molecule has 0 unspecified atom stereocenters. The highest BCUT2D eigenvalue weighted by molar-refractivity contribution is 7.80. The van der Waals surface area contributed by atoms with Gasteiger partial charge in [-0.05, 0) is 48.6 Å². The van der Waals surface area contributed by atoms with Gasteiger partial charge in [-0.1, -0.05) is 12.1 Å². The van der Waals surface area contributed by atoms with E-state index in [2.05, 4.69) is 10.6 Å². The molecule has 0 aromatic heterocycles. The number of thiocarbonyl (C=S) groups is 1. The Morgan fingerprint density at radius 3 is 1.59 bits per heavy atom. The highest BCUT2D eigenvalue weighted by Crippen LogP contribution is 2.14. The van der Waals surface area contributed by atoms with Gasteiger partial charge < -0.3 is 20.8 Å². The van der Waals surface area contributed by atoms with E-state index >= 15 is 0 Å². The van der Waals surface area contributed by atoms with E-state index in [9.17, 15) is 9.59 Å². The lowest BCUT2D eigenvalue weighted by atomic mass is 10.2. The summed E-state index contributed by atoms with van der Waals surface area (Å²) in [4.78, 5) is 21.8. The molecule has 7 heteroatoms. The molecule has 0 aliphatic rings. The van der Waals surface area contributed by atoms with Gasteiger partial charge in [-0.15, -0.1) is 0 Å². The Morgan fingerprint density at radius 1 is 0.818 bits per heavy atom. The summed E-state index contributed by atoms with van der Waals surface area (Å²) in [7, 11) is 0. The predicted molar refractivity (Wildman–Crippen MR) is 86.6 cm³/mol. The second kappa shape index (κ2) is 6.68. The maximum Gasteiger partial charge on any atom is 0.335 e. The zero-order chi connectivity index (χ0) is 16.1. The van der Waals surface area contributed by atoms with Gasteiger partial charge in [0.25, 0.3) is 0 Å². The number of anilines is 2. The van der Waals surface area contributed by atoms with Crippen LogP contribution in [0.15, 0.2) is 48.5 Å². The van der Waals surface area contributed by atoms with Crippen molar-refractivity contribution in [3.8, 4) is 0 Å². The zero-order valence-electron chi connectivity index (χ0n) is 11.2. The number of hydrogen-bond acceptors (Lipinski definition) is 3. The molecule has 6 nitrogen and oxygen atoms in total. The van der Waals surface area contributed by atoms with E-state index < -0.39 is 11.9 Å². The minimum atomic E-state index is -1.03. The fraction of sp³-hybridized carbons (Fsp3) is 0. The summed E-state index contributed by atoms with van der Waals surface area (Å²) < 4.78 is 0. The molecule has 0 saturated carbocycles. The topological polar surface area (TPSA) is 98.7 Å². The van der Waals surface area contributed by atoms with Gasteiger partial charge in [0, 0.05) is 11.4 Å². The van der Waals surface area contributed by atoms with E-state index in [4.69, 9.17) is 22.4 Å². The number of rotatable bonds is 4. The standard InChI is InChI=1S/C15H12N2O4S/c18-13(19)9-3-1-5-11(7-9)16-15(22)17-12-6-2-4-10(8-12)14(20)21/h1-8H,(H,18,19)(H,20,21)(H2,16,17,22). The molecule has 0 aliphatic carbocycles. The van der Waals surface area contributed by atoms with Gasteiger partial charge in [-0.2, -0.15) is 0 Å². The number of carbonyl (C=O) groups is 2. The molecule has 22 heavy (non-hydrogen) atoms. The Balaban J connectivity index is 2.07. The van der Waals surface area contributed by atoms with E-state index in [1.165, 1.54) is 24.3 Å². The van der Waals surface area contributed by atoms with Gasteiger partial charge in [0.2, 0.25) is 0 Å². The van der Waals surface area contributed by atoms with Crippen molar-refractivity contribution >= 4 is 40.6 Å². The minimum Gasteiger partial charge on any atom is -0.478 e. The number of hydrogen-bond donors (Lipinski definition) is 4. The second-order valence-electron chi connectivity index (χ2n) is 4.35. The number of carboxylic acids is 2. The van der Waals surface area contributed by atoms with Gasteiger partial charge in [-0.3, -0.25) is 0 Å². The first-order valence-electron chi connectivity index (χ1n) is 6.20. The molecular weight excluding hydrogens is 304 g/mol. The summed E-state index contributed by atoms with van der Waals surface area (Å²) in [6.45, 7) is 0. The molecule has 0 spiro atoms. The summed E-state index contributed by atoms with van der Waals surface area (Å²) in [5, 5.41) is 23.8. The maximum atomic E-state index is 10.9. The van der Waals surface area contributed by atoms with Crippen molar-refractivity contribution in [2.24, 2.45) is 0 Å². The second-order valence-corrected chi connectivity index (χ2v) is 4.76. The lowest BCUT2D eigenvalue weighted by Crippen LogP contribution is -2.19. The van der Waals surface area contributed by atoms with Crippen molar-refractivity contribution in [1.82, 2.24) is 0 Å². The van der Waals surface area contributed by atoms with Crippen LogP contribution in [-0.2, 0) is 0 Å². The van der Waals surface area contributed by atoms with Gasteiger partial charge in [0.1, 0.15) is 0 Å². The lowest BCUT2D eigenvalue weighted by molar-refractivity contribution is 0.0686. The summed E-state index contributed by atoms with van der Waals surface area (Å²) in [5.74, 6) is -2.06. The average molecular weight is 316 g/mol. The van der Waals surface area contributed by atoms with Crippen LogP contribution in [0.4, 0.5) is 11.4 Å². The Hall–Kier alpha value is -2.93. The number of benzene rings is 2. The molecule has 0 heterocycles. The molecule has 0 amide bonds. The van der Waals surface area contributed by atoms with Crippen molar-refractivity contribution < 1.29 is 19.8 Å². The molecular formula is C15H12N2O4S. The number of nitrogens with one attached hydrogen (secondary N) is 2. The molecule has 0 saturated heterocycles. The van der Waals surface area contributed by atoms with Crippen molar-refractivity contribution in [2.45, 2.75) is 0 Å². The van der Waals surface area contributed by atoms with Crippen LogP contribution in [0, 0.1) is 0 Å². The van der Waals surface area contributed by atoms with Crippen molar-refractivity contribution in [2.75, 3.05) is 10.6 Å². The summed E-state index contributed by atoms with van der Waals surface area (Å²) in [5.41, 5.74) is 1.32. The number of carboxylic acid groups (broad SMARTS) is 2. The highest BCUT2D eigenvalue weighted by atomic mass is 32.1. The SMILES string of the molecule is O=C(O)c1cccc(NC(=S)Nc2cccc(C(=O)O)c2)c1. The molecule has 0 atom stereocenters. The normalized spacial score (nSPS) is 9.82. The summed E-state index contributed by atoms with van der Waals surface area (Å²) in [6, 6.07) is 12.4. The first kappa shape index (κ1) is 15.5. The highest BCUT2D eigenvalue weighted by Gasteiger charge is 2.06. The Morgan fingerprint density at radius 2 is 1.23 bits per heavy atom. The van der Waals surface area contributed by atoms with E-state index in [-0.39, 0.29) is 16.2 Å². The van der Waals surface area contributed by atoms with Gasteiger partial charge in [0.05, 0.1) is 11.1 Å². The van der Waals surface area contributed by atoms with Crippen molar-refractivity contribution in [1.29, 1.82) is 0 Å². The molecule has 0 bridgehead atoms. The Labute approximate surface area is 131 Å². The van der Waals surface area contributed by atoms with Gasteiger partial charge >= 0.3 is 11.9 Å². The number of aromatic carboxylic acids is 2. The third-order valence-corrected chi connectivity index (χ3v) is 2.94. The molecule has 2 aromatic rings. The Kier molecular flexibility index (Phi) is 4.70. The van der Waals surface area contributed by atoms with Gasteiger partial charge in [0.15, 0.2) is 5.11 Å². The van der Waals surface area contributed by atoms with E-state index in [0.29, 0.717) is 11.4 Å². The zero-order valence-corrected chi connectivity index (χ0v) is 12.1. The summed E-state index contributed by atoms with van der Waals surface area (Å²) >= 11 is 5.12. The first-order chi connectivity index (χ1) is 10.5. The maximum absolute atomic E-state index is 10.9. The molecule has 2 aromatic carbocycles. The Bertz CT molecular complexity index is 684. The molecule has 0 fully saturated rings.